The zero-order valence-electron chi connectivity index (χ0n) is 23.7. The maximum absolute atomic E-state index is 13.0. The van der Waals surface area contributed by atoms with E-state index in [1.807, 2.05) is 85.6 Å². The van der Waals surface area contributed by atoms with Gasteiger partial charge < -0.3 is 15.2 Å². The number of imidazole rings is 1. The number of aromatic amines is 1. The molecule has 1 saturated heterocycles. The number of benzene rings is 2. The molecule has 1 atom stereocenters. The highest BCUT2D eigenvalue weighted by Crippen LogP contribution is 2.17. The molecule has 2 heterocycles. The van der Waals surface area contributed by atoms with Gasteiger partial charge in [0.25, 0.3) is 0 Å². The Labute approximate surface area is 237 Å². The fourth-order valence-electron chi connectivity index (χ4n) is 4.94. The van der Waals surface area contributed by atoms with Gasteiger partial charge in [0.15, 0.2) is 0 Å². The van der Waals surface area contributed by atoms with E-state index >= 15 is 0 Å². The summed E-state index contributed by atoms with van der Waals surface area (Å²) in [6.07, 6.45) is 7.78. The normalized spacial score (nSPS) is 16.0. The number of carbonyl (C=O) groups excluding carboxylic acids is 2. The van der Waals surface area contributed by atoms with Crippen LogP contribution in [0.5, 0.6) is 0 Å². The topological polar surface area (TPSA) is 81.3 Å². The summed E-state index contributed by atoms with van der Waals surface area (Å²) in [5, 5.41) is 4.78. The minimum atomic E-state index is -0.0484. The molecule has 0 unspecified atom stereocenters. The van der Waals surface area contributed by atoms with Crippen molar-refractivity contribution in [3.63, 3.8) is 0 Å². The molecule has 7 nitrogen and oxygen atoms in total. The summed E-state index contributed by atoms with van der Waals surface area (Å²) in [6, 6.07) is 17.4. The van der Waals surface area contributed by atoms with Crippen LogP contribution in [0, 0.1) is 11.8 Å². The molecule has 2 N–H and O–H groups in total. The Balaban J connectivity index is 1.36. The Hall–Kier alpha value is -4.15. The van der Waals surface area contributed by atoms with Crippen LogP contribution in [0.3, 0.4) is 0 Å². The van der Waals surface area contributed by atoms with Gasteiger partial charge in [-0.05, 0) is 75.7 Å². The number of nitrogens with zero attached hydrogens (tertiary/aromatic N) is 3. The van der Waals surface area contributed by atoms with Gasteiger partial charge in [0.05, 0.1) is 29.7 Å². The number of hydrogen-bond acceptors (Lipinski definition) is 4. The van der Waals surface area contributed by atoms with E-state index in [0.717, 1.165) is 59.1 Å². The molecule has 208 valence electrons. The lowest BCUT2D eigenvalue weighted by atomic mass is 10.1. The van der Waals surface area contributed by atoms with E-state index in [2.05, 4.69) is 34.0 Å². The van der Waals surface area contributed by atoms with Crippen molar-refractivity contribution >= 4 is 29.7 Å². The average molecular weight is 538 g/mol. The quantitative estimate of drug-likeness (QED) is 0.410. The molecule has 40 heavy (non-hydrogen) atoms. The standard InChI is InChI=1S/C33H39N5O2/c1-4-21-38(32(39)23-26-13-7-6-8-14-26)24-31-35-28(5-2)29(36-31)15-10-9-12-25-17-19-27(20-18-25)34-33(40)30-16-11-22-37(30)3/h5-8,13-15,17-20,30H,4,10-11,16,21-24H2,1-3H3,(H,34,40)(H,35,36)/b28-5+,29-15+/t30-/m0/s1. The fourth-order valence-corrected chi connectivity index (χ4v) is 4.94. The van der Waals surface area contributed by atoms with Crippen molar-refractivity contribution in [1.82, 2.24) is 19.8 Å². The van der Waals surface area contributed by atoms with Crippen LogP contribution in [0.2, 0.25) is 0 Å². The number of likely N-dealkylation sites (N-methyl/N-ethyl adjacent to an activating group) is 1. The number of H-pyrrole nitrogens is 1. The molecule has 1 aliphatic rings. The molecule has 0 bridgehead atoms. The van der Waals surface area contributed by atoms with Crippen LogP contribution in [0.25, 0.3) is 12.2 Å². The van der Waals surface area contributed by atoms with Gasteiger partial charge in [-0.25, -0.2) is 4.98 Å². The van der Waals surface area contributed by atoms with Crippen LogP contribution in [0.1, 0.15) is 56.5 Å². The summed E-state index contributed by atoms with van der Waals surface area (Å²) in [5.41, 5.74) is 2.69. The fraction of sp³-hybridized carbons (Fsp3) is 0.364. The predicted octanol–water partition coefficient (Wildman–Crippen LogP) is 3.45. The minimum Gasteiger partial charge on any atom is -0.341 e. The third-order valence-corrected chi connectivity index (χ3v) is 7.09. The largest absolute Gasteiger partial charge is 0.341 e. The van der Waals surface area contributed by atoms with Crippen LogP contribution in [0.4, 0.5) is 5.69 Å². The molecule has 2 amide bonds. The maximum atomic E-state index is 13.0. The van der Waals surface area contributed by atoms with Gasteiger partial charge in [-0.2, -0.15) is 0 Å². The SMILES string of the molecule is C/C=c1/nc(CN(CCC)C(=O)Cc2ccccc2)[nH]/c1=C/CC#Cc1ccc(NC(=O)[C@@H]2CCCN2C)cc1. The van der Waals surface area contributed by atoms with Crippen molar-refractivity contribution in [2.75, 3.05) is 25.5 Å². The average Bonchev–Trinajstić information content (AvgIpc) is 3.57. The molecular formula is C33H39N5O2. The summed E-state index contributed by atoms with van der Waals surface area (Å²) in [6.45, 7) is 6.13. The van der Waals surface area contributed by atoms with Crippen molar-refractivity contribution in [2.45, 2.75) is 58.5 Å². The Morgan fingerprint density at radius 1 is 1.18 bits per heavy atom. The molecule has 1 fully saturated rings. The number of anilines is 1. The Morgan fingerprint density at radius 2 is 1.95 bits per heavy atom. The Morgan fingerprint density at radius 3 is 2.62 bits per heavy atom. The molecule has 0 aliphatic carbocycles. The van der Waals surface area contributed by atoms with Gasteiger partial charge in [-0.15, -0.1) is 0 Å². The highest BCUT2D eigenvalue weighted by Gasteiger charge is 2.27. The summed E-state index contributed by atoms with van der Waals surface area (Å²) in [4.78, 5) is 37.6. The second kappa shape index (κ2) is 14.3. The summed E-state index contributed by atoms with van der Waals surface area (Å²) in [7, 11) is 1.99. The third-order valence-electron chi connectivity index (χ3n) is 7.09. The molecular weight excluding hydrogens is 498 g/mol. The molecule has 4 rings (SSSR count). The van der Waals surface area contributed by atoms with Crippen molar-refractivity contribution < 1.29 is 9.59 Å². The Kier molecular flexibility index (Phi) is 10.3. The van der Waals surface area contributed by atoms with Gasteiger partial charge in [0.1, 0.15) is 5.82 Å². The number of nitrogens with one attached hydrogen (secondary N) is 2. The summed E-state index contributed by atoms with van der Waals surface area (Å²) >= 11 is 0. The highest BCUT2D eigenvalue weighted by atomic mass is 16.2. The van der Waals surface area contributed by atoms with Crippen LogP contribution in [-0.4, -0.2) is 57.8 Å². The van der Waals surface area contributed by atoms with Gasteiger partial charge >= 0.3 is 0 Å². The molecule has 1 aliphatic heterocycles. The number of rotatable bonds is 9. The lowest BCUT2D eigenvalue weighted by molar-refractivity contribution is -0.131. The molecule has 0 radical (unpaired) electrons. The van der Waals surface area contributed by atoms with E-state index in [1.165, 1.54) is 0 Å². The van der Waals surface area contributed by atoms with E-state index in [4.69, 9.17) is 4.98 Å². The monoisotopic (exact) mass is 537 g/mol. The molecule has 2 aromatic carbocycles. The van der Waals surface area contributed by atoms with Gasteiger partial charge in [-0.1, -0.05) is 55.2 Å². The molecule has 1 aromatic heterocycles. The third kappa shape index (κ3) is 7.93. The molecule has 7 heteroatoms. The molecule has 0 spiro atoms. The first-order valence-corrected chi connectivity index (χ1v) is 14.1. The van der Waals surface area contributed by atoms with E-state index in [1.54, 1.807) is 0 Å². The van der Waals surface area contributed by atoms with Crippen molar-refractivity contribution in [3.05, 3.63) is 82.2 Å². The second-order valence-electron chi connectivity index (χ2n) is 10.2. The zero-order valence-corrected chi connectivity index (χ0v) is 23.7. The lowest BCUT2D eigenvalue weighted by Gasteiger charge is -2.21. The van der Waals surface area contributed by atoms with E-state index in [9.17, 15) is 9.59 Å². The van der Waals surface area contributed by atoms with E-state index in [0.29, 0.717) is 25.9 Å². The highest BCUT2D eigenvalue weighted by molar-refractivity contribution is 5.95. The smallest absolute Gasteiger partial charge is 0.241 e. The molecule has 3 aromatic rings. The van der Waals surface area contributed by atoms with E-state index in [-0.39, 0.29) is 17.9 Å². The lowest BCUT2D eigenvalue weighted by Crippen LogP contribution is -2.37. The second-order valence-corrected chi connectivity index (χ2v) is 10.2. The first-order chi connectivity index (χ1) is 19.5. The number of aromatic nitrogens is 2. The number of likely N-dealkylation sites (tertiary alicyclic amines) is 1. The zero-order chi connectivity index (χ0) is 28.3. The van der Waals surface area contributed by atoms with Gasteiger partial charge in [0.2, 0.25) is 11.8 Å². The van der Waals surface area contributed by atoms with Crippen molar-refractivity contribution in [2.24, 2.45) is 0 Å². The number of hydrogen-bond donors (Lipinski definition) is 2. The number of amides is 2. The van der Waals surface area contributed by atoms with Crippen LogP contribution < -0.4 is 16.0 Å². The Bertz CT molecular complexity index is 1460. The summed E-state index contributed by atoms with van der Waals surface area (Å²) < 4.78 is 0. The summed E-state index contributed by atoms with van der Waals surface area (Å²) in [5.74, 6) is 7.31. The maximum Gasteiger partial charge on any atom is 0.241 e. The van der Waals surface area contributed by atoms with Crippen LogP contribution >= 0.6 is 0 Å². The molecule has 0 saturated carbocycles. The van der Waals surface area contributed by atoms with Crippen LogP contribution in [0.15, 0.2) is 54.6 Å². The van der Waals surface area contributed by atoms with Crippen molar-refractivity contribution in [1.29, 1.82) is 0 Å². The van der Waals surface area contributed by atoms with Crippen molar-refractivity contribution in [3.8, 4) is 11.8 Å². The minimum absolute atomic E-state index is 0.0484. The van der Waals surface area contributed by atoms with Crippen LogP contribution in [-0.2, 0) is 22.6 Å². The van der Waals surface area contributed by atoms with Gasteiger partial charge in [0, 0.05) is 24.2 Å². The first-order valence-electron chi connectivity index (χ1n) is 14.1. The number of carbonyl (C=O) groups is 2. The first kappa shape index (κ1) is 28.8. The van der Waals surface area contributed by atoms with Gasteiger partial charge in [-0.3, -0.25) is 14.5 Å². The van der Waals surface area contributed by atoms with E-state index < -0.39 is 0 Å². The predicted molar refractivity (Wildman–Crippen MR) is 161 cm³/mol.